The molecule has 1 aliphatic rings. The van der Waals surface area contributed by atoms with E-state index in [-0.39, 0.29) is 5.56 Å². The van der Waals surface area contributed by atoms with Gasteiger partial charge in [0, 0.05) is 43.0 Å². The molecule has 0 radical (unpaired) electrons. The summed E-state index contributed by atoms with van der Waals surface area (Å²) in [6.45, 7) is 2.45. The van der Waals surface area contributed by atoms with Crippen LogP contribution in [0.5, 0.6) is 0 Å². The van der Waals surface area contributed by atoms with Gasteiger partial charge in [0.2, 0.25) is 0 Å². The topological polar surface area (TPSA) is 66.8 Å². The van der Waals surface area contributed by atoms with Gasteiger partial charge in [-0.25, -0.2) is 9.67 Å². The van der Waals surface area contributed by atoms with E-state index in [9.17, 15) is 4.79 Å². The van der Waals surface area contributed by atoms with E-state index < -0.39 is 0 Å². The maximum absolute atomic E-state index is 12.7. The molecule has 0 spiro atoms. The molecule has 6 heteroatoms. The van der Waals surface area contributed by atoms with Gasteiger partial charge < -0.3 is 0 Å². The maximum atomic E-state index is 12.7. The summed E-state index contributed by atoms with van der Waals surface area (Å²) in [5.74, 6) is 0.630. The van der Waals surface area contributed by atoms with Crippen LogP contribution < -0.4 is 5.56 Å². The quantitative estimate of drug-likeness (QED) is 0.612. The van der Waals surface area contributed by atoms with Gasteiger partial charge in [-0.05, 0) is 42.3 Å². The summed E-state index contributed by atoms with van der Waals surface area (Å²) in [6, 6.07) is 16.0. The predicted octanol–water partition coefficient (Wildman–Crippen LogP) is 2.67. The number of aromatic amines is 1. The van der Waals surface area contributed by atoms with E-state index in [0.29, 0.717) is 5.82 Å². The number of fused-ring (bicyclic) bond motifs is 2. The van der Waals surface area contributed by atoms with Crippen molar-refractivity contribution < 1.29 is 0 Å². The first-order valence-corrected chi connectivity index (χ1v) is 9.08. The van der Waals surface area contributed by atoms with Crippen molar-refractivity contribution in [2.45, 2.75) is 19.5 Å². The van der Waals surface area contributed by atoms with E-state index in [4.69, 9.17) is 0 Å². The van der Waals surface area contributed by atoms with Gasteiger partial charge in [-0.3, -0.25) is 19.8 Å². The first-order valence-electron chi connectivity index (χ1n) is 9.08. The molecule has 0 unspecified atom stereocenters. The lowest BCUT2D eigenvalue weighted by Gasteiger charge is -2.26. The van der Waals surface area contributed by atoms with E-state index in [0.717, 1.165) is 48.2 Å². The Kier molecular flexibility index (Phi) is 3.83. The summed E-state index contributed by atoms with van der Waals surface area (Å²) in [5, 5.41) is 4.41. The lowest BCUT2D eigenvalue weighted by atomic mass is 10.1. The monoisotopic (exact) mass is 357 g/mol. The Morgan fingerprint density at radius 1 is 1.04 bits per heavy atom. The molecule has 6 nitrogen and oxygen atoms in total. The van der Waals surface area contributed by atoms with Crippen LogP contribution in [0.2, 0.25) is 0 Å². The summed E-state index contributed by atoms with van der Waals surface area (Å²) in [5.41, 5.74) is 4.14. The van der Waals surface area contributed by atoms with Gasteiger partial charge >= 0.3 is 0 Å². The molecule has 1 aromatic carbocycles. The molecule has 0 amide bonds. The summed E-state index contributed by atoms with van der Waals surface area (Å²) in [6.07, 6.45) is 4.26. The zero-order valence-electron chi connectivity index (χ0n) is 14.8. The van der Waals surface area contributed by atoms with Gasteiger partial charge in [0.15, 0.2) is 5.82 Å². The van der Waals surface area contributed by atoms with Crippen molar-refractivity contribution in [2.24, 2.45) is 0 Å². The van der Waals surface area contributed by atoms with Gasteiger partial charge in [-0.15, -0.1) is 0 Å². The molecule has 3 aromatic heterocycles. The highest BCUT2D eigenvalue weighted by atomic mass is 16.1. The number of nitrogens with zero attached hydrogens (tertiary/aromatic N) is 4. The molecule has 5 rings (SSSR count). The van der Waals surface area contributed by atoms with Crippen LogP contribution in [0.3, 0.4) is 0 Å². The van der Waals surface area contributed by atoms with E-state index in [1.165, 1.54) is 5.56 Å². The largest absolute Gasteiger partial charge is 0.293 e. The first kappa shape index (κ1) is 16.0. The van der Waals surface area contributed by atoms with Crippen LogP contribution in [0, 0.1) is 0 Å². The lowest BCUT2D eigenvalue weighted by molar-refractivity contribution is 0.242. The molecule has 4 aromatic rings. The number of pyridine rings is 2. The van der Waals surface area contributed by atoms with Gasteiger partial charge in [0.25, 0.3) is 5.56 Å². The normalized spacial score (nSPS) is 14.4. The molecule has 0 saturated heterocycles. The second-order valence-electron chi connectivity index (χ2n) is 6.89. The summed E-state index contributed by atoms with van der Waals surface area (Å²) in [4.78, 5) is 23.7. The van der Waals surface area contributed by atoms with Crippen molar-refractivity contribution in [3.8, 4) is 5.82 Å². The van der Waals surface area contributed by atoms with E-state index in [1.54, 1.807) is 10.9 Å². The minimum atomic E-state index is 0.0140. The molecule has 0 bridgehead atoms. The fourth-order valence-electron chi connectivity index (χ4n) is 3.74. The van der Waals surface area contributed by atoms with Gasteiger partial charge in [-0.2, -0.15) is 0 Å². The van der Waals surface area contributed by atoms with Crippen molar-refractivity contribution in [1.82, 2.24) is 24.6 Å². The first-order chi connectivity index (χ1) is 13.3. The molecule has 1 aliphatic heterocycles. The Bertz CT molecular complexity index is 1160. The fraction of sp³-hybridized carbons (Fsp3) is 0.190. The summed E-state index contributed by atoms with van der Waals surface area (Å²) >= 11 is 0. The van der Waals surface area contributed by atoms with Crippen molar-refractivity contribution in [3.05, 3.63) is 88.1 Å². The van der Waals surface area contributed by atoms with Gasteiger partial charge in [0.1, 0.15) is 0 Å². The third-order valence-corrected chi connectivity index (χ3v) is 5.08. The zero-order chi connectivity index (χ0) is 18.2. The average Bonchev–Trinajstić information content (AvgIpc) is 3.04. The van der Waals surface area contributed by atoms with Crippen LogP contribution in [-0.4, -0.2) is 31.2 Å². The van der Waals surface area contributed by atoms with E-state index >= 15 is 0 Å². The average molecular weight is 357 g/mol. The maximum Gasteiger partial charge on any atom is 0.276 e. The number of nitrogens with one attached hydrogen (secondary N) is 1. The Morgan fingerprint density at radius 3 is 2.85 bits per heavy atom. The summed E-state index contributed by atoms with van der Waals surface area (Å²) in [7, 11) is 0. The molecule has 1 N–H and O–H groups in total. The smallest absolute Gasteiger partial charge is 0.276 e. The van der Waals surface area contributed by atoms with Crippen LogP contribution in [0.25, 0.3) is 16.7 Å². The van der Waals surface area contributed by atoms with Crippen LogP contribution in [0.1, 0.15) is 16.8 Å². The lowest BCUT2D eigenvalue weighted by Crippen LogP contribution is -2.31. The number of rotatable bonds is 3. The number of H-pyrrole nitrogens is 1. The fourth-order valence-corrected chi connectivity index (χ4v) is 3.74. The minimum absolute atomic E-state index is 0.0140. The van der Waals surface area contributed by atoms with E-state index in [1.807, 2.05) is 30.5 Å². The van der Waals surface area contributed by atoms with Crippen LogP contribution in [0.4, 0.5) is 0 Å². The van der Waals surface area contributed by atoms with Gasteiger partial charge in [0.05, 0.1) is 11.2 Å². The third-order valence-electron chi connectivity index (χ3n) is 5.08. The SMILES string of the molecule is O=c1c2c([nH]n1-c1ccccn1)CN(Cc1ccc3ncccc3c1)CC2. The number of aromatic nitrogens is 4. The highest BCUT2D eigenvalue weighted by molar-refractivity contribution is 5.78. The summed E-state index contributed by atoms with van der Waals surface area (Å²) < 4.78 is 1.55. The van der Waals surface area contributed by atoms with Crippen molar-refractivity contribution in [2.75, 3.05) is 6.54 Å². The van der Waals surface area contributed by atoms with Crippen LogP contribution >= 0.6 is 0 Å². The molecule has 27 heavy (non-hydrogen) atoms. The van der Waals surface area contributed by atoms with E-state index in [2.05, 4.69) is 44.2 Å². The third kappa shape index (κ3) is 2.94. The molecule has 0 atom stereocenters. The second-order valence-corrected chi connectivity index (χ2v) is 6.89. The Hall–Kier alpha value is -3.25. The number of hydrogen-bond donors (Lipinski definition) is 1. The second kappa shape index (κ2) is 6.48. The van der Waals surface area contributed by atoms with Crippen molar-refractivity contribution >= 4 is 10.9 Å². The Morgan fingerprint density at radius 2 is 1.96 bits per heavy atom. The molecule has 4 heterocycles. The zero-order valence-corrected chi connectivity index (χ0v) is 14.8. The Labute approximate surface area is 156 Å². The number of hydrogen-bond acceptors (Lipinski definition) is 4. The Balaban J connectivity index is 1.40. The number of benzene rings is 1. The van der Waals surface area contributed by atoms with Gasteiger partial charge in [-0.1, -0.05) is 18.2 Å². The molecule has 134 valence electrons. The minimum Gasteiger partial charge on any atom is -0.293 e. The highest BCUT2D eigenvalue weighted by Crippen LogP contribution is 2.20. The molecule has 0 fully saturated rings. The van der Waals surface area contributed by atoms with Crippen LogP contribution in [-0.2, 0) is 19.5 Å². The molecular formula is C21H19N5O. The highest BCUT2D eigenvalue weighted by Gasteiger charge is 2.23. The molecule has 0 saturated carbocycles. The van der Waals surface area contributed by atoms with Crippen LogP contribution in [0.15, 0.2) is 65.7 Å². The standard InChI is InChI=1S/C21H19N5O/c27-21-17-8-11-25(13-15-6-7-18-16(12-15)4-3-10-22-18)14-19(17)24-26(21)20-5-1-2-9-23-20/h1-7,9-10,12,24H,8,11,13-14H2. The van der Waals surface area contributed by atoms with Crippen molar-refractivity contribution in [3.63, 3.8) is 0 Å². The molecule has 0 aliphatic carbocycles. The predicted molar refractivity (Wildman–Crippen MR) is 104 cm³/mol. The van der Waals surface area contributed by atoms with Crippen molar-refractivity contribution in [1.29, 1.82) is 0 Å². The molecular weight excluding hydrogens is 338 g/mol.